The van der Waals surface area contributed by atoms with E-state index in [1.807, 2.05) is 0 Å². The van der Waals surface area contributed by atoms with E-state index >= 15 is 0 Å². The Morgan fingerprint density at radius 3 is 2.78 bits per heavy atom. The number of thioether (sulfide) groups is 1. The van der Waals surface area contributed by atoms with Crippen molar-refractivity contribution in [3.05, 3.63) is 29.8 Å². The van der Waals surface area contributed by atoms with Crippen LogP contribution in [-0.2, 0) is 4.79 Å². The lowest BCUT2D eigenvalue weighted by Gasteiger charge is -2.18. The Balaban J connectivity index is 2.22. The SMILES string of the molecule is Cc1cccc(SCCCCC(C)(N)C(=O)O)c1. The highest BCUT2D eigenvalue weighted by atomic mass is 32.2. The number of nitrogens with two attached hydrogens (primary N) is 1. The molecular weight excluding hydrogens is 246 g/mol. The molecule has 0 amide bonds. The molecule has 0 aromatic heterocycles. The van der Waals surface area contributed by atoms with Crippen molar-refractivity contribution in [3.8, 4) is 0 Å². The number of aryl methyl sites for hydroxylation is 1. The van der Waals surface area contributed by atoms with Gasteiger partial charge in [0.2, 0.25) is 0 Å². The van der Waals surface area contributed by atoms with Crippen molar-refractivity contribution in [1.29, 1.82) is 0 Å². The molecule has 3 N–H and O–H groups in total. The molecule has 0 saturated heterocycles. The number of hydrogen-bond acceptors (Lipinski definition) is 3. The Morgan fingerprint density at radius 1 is 1.44 bits per heavy atom. The van der Waals surface area contributed by atoms with Crippen LogP contribution in [0.3, 0.4) is 0 Å². The molecule has 1 aromatic carbocycles. The topological polar surface area (TPSA) is 63.3 Å². The second-order valence-corrected chi connectivity index (χ2v) is 6.01. The lowest BCUT2D eigenvalue weighted by molar-refractivity contribution is -0.142. The van der Waals surface area contributed by atoms with Crippen LogP contribution in [0.4, 0.5) is 0 Å². The van der Waals surface area contributed by atoms with Crippen LogP contribution in [0.25, 0.3) is 0 Å². The van der Waals surface area contributed by atoms with Gasteiger partial charge in [-0.25, -0.2) is 0 Å². The molecule has 100 valence electrons. The van der Waals surface area contributed by atoms with Gasteiger partial charge in [0, 0.05) is 4.90 Å². The first-order valence-corrected chi connectivity index (χ1v) is 7.12. The molecule has 0 saturated carbocycles. The fourth-order valence-corrected chi connectivity index (χ4v) is 2.62. The van der Waals surface area contributed by atoms with Crippen LogP contribution in [0.2, 0.25) is 0 Å². The number of carboxylic acid groups (broad SMARTS) is 1. The number of hydrogen-bond donors (Lipinski definition) is 2. The molecular formula is C14H21NO2S. The zero-order chi connectivity index (χ0) is 13.6. The van der Waals surface area contributed by atoms with Crippen molar-refractivity contribution in [2.45, 2.75) is 43.5 Å². The van der Waals surface area contributed by atoms with Crippen molar-refractivity contribution in [3.63, 3.8) is 0 Å². The molecule has 3 nitrogen and oxygen atoms in total. The summed E-state index contributed by atoms with van der Waals surface area (Å²) in [5, 5.41) is 8.88. The number of rotatable bonds is 7. The third-order valence-corrected chi connectivity index (χ3v) is 3.92. The normalized spacial score (nSPS) is 14.2. The summed E-state index contributed by atoms with van der Waals surface area (Å²) in [6.45, 7) is 3.65. The molecule has 1 rings (SSSR count). The van der Waals surface area contributed by atoms with Gasteiger partial charge in [-0.05, 0) is 44.6 Å². The van der Waals surface area contributed by atoms with Crippen molar-refractivity contribution >= 4 is 17.7 Å². The Bertz CT molecular complexity index is 405. The van der Waals surface area contributed by atoms with Gasteiger partial charge in [-0.3, -0.25) is 4.79 Å². The molecule has 4 heteroatoms. The molecule has 1 aromatic rings. The summed E-state index contributed by atoms with van der Waals surface area (Å²) >= 11 is 1.81. The first-order chi connectivity index (χ1) is 8.42. The van der Waals surface area contributed by atoms with E-state index in [9.17, 15) is 4.79 Å². The minimum Gasteiger partial charge on any atom is -0.480 e. The maximum absolute atomic E-state index is 10.8. The van der Waals surface area contributed by atoms with Gasteiger partial charge in [0.15, 0.2) is 0 Å². The van der Waals surface area contributed by atoms with Crippen LogP contribution in [0, 0.1) is 6.92 Å². The van der Waals surface area contributed by atoms with Crippen LogP contribution in [-0.4, -0.2) is 22.4 Å². The second kappa shape index (κ2) is 6.81. The molecule has 1 atom stereocenters. The molecule has 0 heterocycles. The van der Waals surface area contributed by atoms with E-state index in [2.05, 4.69) is 31.2 Å². The van der Waals surface area contributed by atoms with E-state index in [4.69, 9.17) is 10.8 Å². The quantitative estimate of drug-likeness (QED) is 0.588. The number of unbranched alkanes of at least 4 members (excludes halogenated alkanes) is 1. The summed E-state index contributed by atoms with van der Waals surface area (Å²) in [6.07, 6.45) is 2.35. The highest BCUT2D eigenvalue weighted by Gasteiger charge is 2.26. The molecule has 0 bridgehead atoms. The Kier molecular flexibility index (Phi) is 5.69. The van der Waals surface area contributed by atoms with Crippen molar-refractivity contribution in [2.75, 3.05) is 5.75 Å². The summed E-state index contributed by atoms with van der Waals surface area (Å²) in [4.78, 5) is 12.1. The zero-order valence-electron chi connectivity index (χ0n) is 11.0. The number of benzene rings is 1. The van der Waals surface area contributed by atoms with E-state index in [-0.39, 0.29) is 0 Å². The molecule has 0 radical (unpaired) electrons. The molecule has 0 fully saturated rings. The van der Waals surface area contributed by atoms with Gasteiger partial charge in [0.1, 0.15) is 5.54 Å². The number of carbonyl (C=O) groups is 1. The largest absolute Gasteiger partial charge is 0.480 e. The summed E-state index contributed by atoms with van der Waals surface area (Å²) < 4.78 is 0. The summed E-state index contributed by atoms with van der Waals surface area (Å²) in [5.41, 5.74) is 5.84. The molecule has 18 heavy (non-hydrogen) atoms. The van der Waals surface area contributed by atoms with Gasteiger partial charge in [0.25, 0.3) is 0 Å². The van der Waals surface area contributed by atoms with Crippen molar-refractivity contribution < 1.29 is 9.90 Å². The number of aliphatic carboxylic acids is 1. The fourth-order valence-electron chi connectivity index (χ4n) is 1.60. The molecule has 0 spiro atoms. The molecule has 0 aliphatic heterocycles. The van der Waals surface area contributed by atoms with Gasteiger partial charge in [-0.2, -0.15) is 0 Å². The predicted molar refractivity (Wildman–Crippen MR) is 76.0 cm³/mol. The minimum absolute atomic E-state index is 0.525. The summed E-state index contributed by atoms with van der Waals surface area (Å²) in [7, 11) is 0. The van der Waals surface area contributed by atoms with E-state index in [0.717, 1.165) is 18.6 Å². The van der Waals surface area contributed by atoms with Gasteiger partial charge in [0.05, 0.1) is 0 Å². The fraction of sp³-hybridized carbons (Fsp3) is 0.500. The van der Waals surface area contributed by atoms with Gasteiger partial charge in [-0.1, -0.05) is 24.1 Å². The third-order valence-electron chi connectivity index (χ3n) is 2.84. The maximum Gasteiger partial charge on any atom is 0.323 e. The van der Waals surface area contributed by atoms with Crippen LogP contribution >= 0.6 is 11.8 Å². The molecule has 0 aliphatic carbocycles. The summed E-state index contributed by atoms with van der Waals surface area (Å²) in [6, 6.07) is 8.40. The van der Waals surface area contributed by atoms with E-state index in [1.54, 1.807) is 18.7 Å². The molecule has 1 unspecified atom stereocenters. The predicted octanol–water partition coefficient (Wildman–Crippen LogP) is 3.06. The van der Waals surface area contributed by atoms with E-state index < -0.39 is 11.5 Å². The average Bonchev–Trinajstić information content (AvgIpc) is 2.28. The van der Waals surface area contributed by atoms with Crippen molar-refractivity contribution in [2.24, 2.45) is 5.73 Å². The number of carboxylic acids is 1. The van der Waals surface area contributed by atoms with E-state index in [1.165, 1.54) is 10.5 Å². The monoisotopic (exact) mass is 267 g/mol. The third kappa shape index (κ3) is 5.10. The smallest absolute Gasteiger partial charge is 0.323 e. The summed E-state index contributed by atoms with van der Waals surface area (Å²) in [5.74, 6) is 0.0768. The van der Waals surface area contributed by atoms with Crippen LogP contribution in [0.15, 0.2) is 29.2 Å². The lowest BCUT2D eigenvalue weighted by atomic mass is 9.97. The lowest BCUT2D eigenvalue weighted by Crippen LogP contribution is -2.44. The molecule has 0 aliphatic rings. The van der Waals surface area contributed by atoms with Gasteiger partial charge in [-0.15, -0.1) is 11.8 Å². The van der Waals surface area contributed by atoms with Gasteiger partial charge < -0.3 is 10.8 Å². The Labute approximate surface area is 113 Å². The van der Waals surface area contributed by atoms with E-state index in [0.29, 0.717) is 6.42 Å². The van der Waals surface area contributed by atoms with Crippen LogP contribution in [0.5, 0.6) is 0 Å². The second-order valence-electron chi connectivity index (χ2n) is 4.84. The highest BCUT2D eigenvalue weighted by molar-refractivity contribution is 7.99. The van der Waals surface area contributed by atoms with Crippen molar-refractivity contribution in [1.82, 2.24) is 0 Å². The Hall–Kier alpha value is -1.00. The minimum atomic E-state index is -1.09. The standard InChI is InChI=1S/C14H21NO2S/c1-11-6-5-7-12(10-11)18-9-4-3-8-14(2,15)13(16)17/h5-7,10H,3-4,8-9,15H2,1-2H3,(H,16,17). The highest BCUT2D eigenvalue weighted by Crippen LogP contribution is 2.21. The van der Waals surface area contributed by atoms with Crippen LogP contribution < -0.4 is 5.73 Å². The first-order valence-electron chi connectivity index (χ1n) is 6.13. The van der Waals surface area contributed by atoms with Gasteiger partial charge >= 0.3 is 5.97 Å². The maximum atomic E-state index is 10.8. The zero-order valence-corrected chi connectivity index (χ0v) is 11.8. The Morgan fingerprint density at radius 2 is 2.17 bits per heavy atom. The van der Waals surface area contributed by atoms with Crippen LogP contribution in [0.1, 0.15) is 31.7 Å². The average molecular weight is 267 g/mol. The first kappa shape index (κ1) is 15.1.